The lowest BCUT2D eigenvalue weighted by Gasteiger charge is -2.18. The maximum absolute atomic E-state index is 12.7. The highest BCUT2D eigenvalue weighted by Crippen LogP contribution is 2.16. The van der Waals surface area contributed by atoms with Crippen molar-refractivity contribution in [2.24, 2.45) is 0 Å². The van der Waals surface area contributed by atoms with Crippen LogP contribution < -0.4 is 0 Å². The van der Waals surface area contributed by atoms with E-state index in [0.29, 0.717) is 19.3 Å². The molecule has 6 heteroatoms. The number of unbranched alkanes of at least 4 members (excludes halogenated alkanes) is 31. The third-order valence-corrected chi connectivity index (χ3v) is 11.6. The van der Waals surface area contributed by atoms with Crippen LogP contribution in [0.25, 0.3) is 0 Å². The van der Waals surface area contributed by atoms with Gasteiger partial charge in [-0.25, -0.2) is 0 Å². The van der Waals surface area contributed by atoms with Gasteiger partial charge in [-0.3, -0.25) is 14.4 Å². The second-order valence-electron chi connectivity index (χ2n) is 17.8. The first-order valence-electron chi connectivity index (χ1n) is 26.5. The fraction of sp³-hybridized carbons (Fsp3) is 0.836. The molecule has 61 heavy (non-hydrogen) atoms. The molecular weight excluding hydrogens is 757 g/mol. The van der Waals surface area contributed by atoms with Crippen LogP contribution in [0.5, 0.6) is 0 Å². The molecule has 0 saturated heterocycles. The summed E-state index contributed by atoms with van der Waals surface area (Å²) in [7, 11) is 0. The Morgan fingerprint density at radius 3 is 0.918 bits per heavy atom. The molecule has 0 bridgehead atoms. The van der Waals surface area contributed by atoms with Gasteiger partial charge in [0, 0.05) is 19.3 Å². The number of hydrogen-bond donors (Lipinski definition) is 0. The van der Waals surface area contributed by atoms with Gasteiger partial charge in [0.2, 0.25) is 0 Å². The highest BCUT2D eigenvalue weighted by Gasteiger charge is 2.19. The first-order valence-corrected chi connectivity index (χ1v) is 26.5. The van der Waals surface area contributed by atoms with E-state index in [1.165, 1.54) is 161 Å². The largest absolute Gasteiger partial charge is 0.462 e. The summed E-state index contributed by atoms with van der Waals surface area (Å²) in [6, 6.07) is 0. The molecule has 0 aliphatic heterocycles. The lowest BCUT2D eigenvalue weighted by molar-refractivity contribution is -0.167. The lowest BCUT2D eigenvalue weighted by atomic mass is 10.0. The summed E-state index contributed by atoms with van der Waals surface area (Å²) in [6.45, 7) is 6.58. The molecule has 0 heterocycles. The molecule has 0 fully saturated rings. The Morgan fingerprint density at radius 1 is 0.328 bits per heavy atom. The Hall–Kier alpha value is -2.37. The second-order valence-corrected chi connectivity index (χ2v) is 17.8. The number of allylic oxidation sites excluding steroid dienone is 6. The monoisotopic (exact) mass is 857 g/mol. The molecule has 6 nitrogen and oxygen atoms in total. The quantitative estimate of drug-likeness (QED) is 0.0262. The van der Waals surface area contributed by atoms with Crippen LogP contribution in [-0.4, -0.2) is 37.2 Å². The molecule has 0 spiro atoms. The van der Waals surface area contributed by atoms with E-state index in [1.54, 1.807) is 0 Å². The fourth-order valence-electron chi connectivity index (χ4n) is 7.63. The van der Waals surface area contributed by atoms with E-state index in [9.17, 15) is 14.4 Å². The number of rotatable bonds is 48. The summed E-state index contributed by atoms with van der Waals surface area (Å²) in [4.78, 5) is 37.8. The van der Waals surface area contributed by atoms with Gasteiger partial charge in [-0.2, -0.15) is 0 Å². The standard InChI is InChI=1S/C55H100O6/c1-4-7-10-13-16-18-20-22-24-26-27-28-29-30-32-33-35-37-39-42-45-48-54(57)60-51-52(50-59-53(56)47-44-41-15-12-9-6-3)61-55(58)49-46-43-40-38-36-34-31-25-23-21-19-17-14-11-8-5-2/h20,22,26-27,29-30,52H,4-19,21,23-25,28,31-51H2,1-3H3/b22-20-,27-26-,30-29-. The van der Waals surface area contributed by atoms with Gasteiger partial charge in [-0.1, -0.05) is 237 Å². The van der Waals surface area contributed by atoms with Crippen molar-refractivity contribution in [1.82, 2.24) is 0 Å². The van der Waals surface area contributed by atoms with Gasteiger partial charge in [0.15, 0.2) is 6.10 Å². The van der Waals surface area contributed by atoms with E-state index in [1.807, 2.05) is 0 Å². The molecule has 0 aromatic heterocycles. The molecule has 0 radical (unpaired) electrons. The number of esters is 3. The van der Waals surface area contributed by atoms with Gasteiger partial charge in [0.1, 0.15) is 13.2 Å². The Balaban J connectivity index is 4.19. The van der Waals surface area contributed by atoms with E-state index in [4.69, 9.17) is 14.2 Å². The summed E-state index contributed by atoms with van der Waals surface area (Å²) in [5.41, 5.74) is 0. The molecule has 0 N–H and O–H groups in total. The molecule has 1 unspecified atom stereocenters. The minimum absolute atomic E-state index is 0.0739. The van der Waals surface area contributed by atoms with Crippen molar-refractivity contribution in [2.75, 3.05) is 13.2 Å². The molecule has 1 atom stereocenters. The van der Waals surface area contributed by atoms with Crippen LogP contribution in [0.3, 0.4) is 0 Å². The molecule has 356 valence electrons. The summed E-state index contributed by atoms with van der Waals surface area (Å²) < 4.78 is 16.7. The first-order chi connectivity index (χ1) is 30.0. The van der Waals surface area contributed by atoms with Crippen LogP contribution in [0, 0.1) is 0 Å². The molecule has 0 amide bonds. The predicted molar refractivity (Wildman–Crippen MR) is 261 cm³/mol. The lowest BCUT2D eigenvalue weighted by Crippen LogP contribution is -2.30. The molecule has 0 aromatic rings. The van der Waals surface area contributed by atoms with Crippen LogP contribution in [-0.2, 0) is 28.6 Å². The third-order valence-electron chi connectivity index (χ3n) is 11.6. The third kappa shape index (κ3) is 48.5. The summed E-state index contributed by atoms with van der Waals surface area (Å²) in [6.07, 6.45) is 58.7. The highest BCUT2D eigenvalue weighted by molar-refractivity contribution is 5.71. The zero-order chi connectivity index (χ0) is 44.4. The average molecular weight is 857 g/mol. The SMILES string of the molecule is CCCCCCC/C=C\C/C=C\C/C=C\CCCCCCCCC(=O)OCC(COC(=O)CCCCCCCC)OC(=O)CCCCCCCCCCCCCCCCCC. The van der Waals surface area contributed by atoms with Crippen molar-refractivity contribution >= 4 is 17.9 Å². The van der Waals surface area contributed by atoms with Crippen molar-refractivity contribution in [3.8, 4) is 0 Å². The number of hydrogen-bond acceptors (Lipinski definition) is 6. The Labute approximate surface area is 378 Å². The summed E-state index contributed by atoms with van der Waals surface area (Å²) >= 11 is 0. The van der Waals surface area contributed by atoms with Gasteiger partial charge in [-0.05, 0) is 57.8 Å². The molecule has 0 aliphatic rings. The topological polar surface area (TPSA) is 78.9 Å². The van der Waals surface area contributed by atoms with Gasteiger partial charge in [-0.15, -0.1) is 0 Å². The van der Waals surface area contributed by atoms with Crippen molar-refractivity contribution < 1.29 is 28.6 Å². The molecule has 0 aliphatic carbocycles. The normalized spacial score (nSPS) is 12.2. The predicted octanol–water partition coefficient (Wildman–Crippen LogP) is 17.3. The zero-order valence-electron chi connectivity index (χ0n) is 40.7. The van der Waals surface area contributed by atoms with Gasteiger partial charge in [0.25, 0.3) is 0 Å². The van der Waals surface area contributed by atoms with E-state index < -0.39 is 6.10 Å². The van der Waals surface area contributed by atoms with Crippen LogP contribution in [0.4, 0.5) is 0 Å². The van der Waals surface area contributed by atoms with E-state index in [0.717, 1.165) is 77.0 Å². The Morgan fingerprint density at radius 2 is 0.590 bits per heavy atom. The summed E-state index contributed by atoms with van der Waals surface area (Å²) in [5, 5.41) is 0. The van der Waals surface area contributed by atoms with Gasteiger partial charge < -0.3 is 14.2 Å². The van der Waals surface area contributed by atoms with Crippen molar-refractivity contribution in [2.45, 2.75) is 284 Å². The molecule has 0 rings (SSSR count). The maximum Gasteiger partial charge on any atom is 0.306 e. The Kier molecular flexibility index (Phi) is 48.3. The minimum Gasteiger partial charge on any atom is -0.462 e. The highest BCUT2D eigenvalue weighted by atomic mass is 16.6. The van der Waals surface area contributed by atoms with E-state index in [2.05, 4.69) is 57.2 Å². The van der Waals surface area contributed by atoms with Crippen LogP contribution in [0.1, 0.15) is 278 Å². The van der Waals surface area contributed by atoms with Gasteiger partial charge in [0.05, 0.1) is 0 Å². The number of carbonyl (C=O) groups is 3. The van der Waals surface area contributed by atoms with Gasteiger partial charge >= 0.3 is 17.9 Å². The van der Waals surface area contributed by atoms with Crippen LogP contribution >= 0.6 is 0 Å². The maximum atomic E-state index is 12.7. The number of carbonyl (C=O) groups excluding carboxylic acids is 3. The van der Waals surface area contributed by atoms with Crippen molar-refractivity contribution in [1.29, 1.82) is 0 Å². The smallest absolute Gasteiger partial charge is 0.306 e. The average Bonchev–Trinajstić information content (AvgIpc) is 3.26. The van der Waals surface area contributed by atoms with Crippen molar-refractivity contribution in [3.05, 3.63) is 36.5 Å². The van der Waals surface area contributed by atoms with Crippen LogP contribution in [0.15, 0.2) is 36.5 Å². The summed E-state index contributed by atoms with van der Waals surface area (Å²) in [5.74, 6) is -0.885. The second kappa shape index (κ2) is 50.3. The molecular formula is C55H100O6. The van der Waals surface area contributed by atoms with Crippen LogP contribution in [0.2, 0.25) is 0 Å². The molecule has 0 aromatic carbocycles. The van der Waals surface area contributed by atoms with E-state index >= 15 is 0 Å². The number of ether oxygens (including phenoxy) is 3. The molecule has 0 saturated carbocycles. The van der Waals surface area contributed by atoms with Crippen molar-refractivity contribution in [3.63, 3.8) is 0 Å². The minimum atomic E-state index is -0.770. The van der Waals surface area contributed by atoms with E-state index in [-0.39, 0.29) is 31.1 Å². The Bertz CT molecular complexity index is 1030. The fourth-order valence-corrected chi connectivity index (χ4v) is 7.63. The first kappa shape index (κ1) is 58.6. The zero-order valence-corrected chi connectivity index (χ0v) is 40.7.